The summed E-state index contributed by atoms with van der Waals surface area (Å²) < 4.78 is 13.9. The molecular formula is C13H19FN2S. The molecule has 0 aromatic heterocycles. The van der Waals surface area contributed by atoms with Crippen molar-refractivity contribution in [3.05, 3.63) is 35.1 Å². The molecule has 1 aliphatic rings. The van der Waals surface area contributed by atoms with E-state index in [4.69, 9.17) is 5.84 Å². The minimum absolute atomic E-state index is 0.0105. The lowest BCUT2D eigenvalue weighted by atomic mass is 9.90. The van der Waals surface area contributed by atoms with E-state index in [0.717, 1.165) is 17.7 Å². The Kier molecular flexibility index (Phi) is 3.76. The van der Waals surface area contributed by atoms with Crippen LogP contribution in [0.5, 0.6) is 0 Å². The Morgan fingerprint density at radius 2 is 2.29 bits per heavy atom. The van der Waals surface area contributed by atoms with Crippen LogP contribution in [0.25, 0.3) is 0 Å². The van der Waals surface area contributed by atoms with Gasteiger partial charge in [-0.1, -0.05) is 17.7 Å². The molecule has 1 heterocycles. The van der Waals surface area contributed by atoms with Gasteiger partial charge in [0.15, 0.2) is 0 Å². The topological polar surface area (TPSA) is 38.0 Å². The van der Waals surface area contributed by atoms with Crippen molar-refractivity contribution in [3.63, 3.8) is 0 Å². The summed E-state index contributed by atoms with van der Waals surface area (Å²) in [6.45, 7) is 4.14. The number of nitrogens with one attached hydrogen (secondary N) is 1. The van der Waals surface area contributed by atoms with Crippen molar-refractivity contribution in [1.82, 2.24) is 5.43 Å². The summed E-state index contributed by atoms with van der Waals surface area (Å²) in [6, 6.07) is 5.08. The predicted octanol–water partition coefficient (Wildman–Crippen LogP) is 2.92. The van der Waals surface area contributed by atoms with Crippen LogP contribution >= 0.6 is 11.8 Å². The average molecular weight is 254 g/mol. The van der Waals surface area contributed by atoms with Crippen molar-refractivity contribution in [2.24, 2.45) is 5.84 Å². The van der Waals surface area contributed by atoms with Crippen molar-refractivity contribution in [1.29, 1.82) is 0 Å². The molecule has 1 saturated heterocycles. The molecule has 1 aliphatic heterocycles. The van der Waals surface area contributed by atoms with Crippen LogP contribution in [-0.4, -0.2) is 10.5 Å². The molecule has 2 unspecified atom stereocenters. The number of nitrogens with two attached hydrogens (primary N) is 1. The number of rotatable bonds is 3. The fraction of sp³-hybridized carbons (Fsp3) is 0.538. The van der Waals surface area contributed by atoms with E-state index in [1.54, 1.807) is 6.07 Å². The van der Waals surface area contributed by atoms with Gasteiger partial charge in [0.1, 0.15) is 5.82 Å². The molecule has 2 rings (SSSR count). The summed E-state index contributed by atoms with van der Waals surface area (Å²) in [5.41, 5.74) is 4.56. The van der Waals surface area contributed by atoms with Crippen LogP contribution in [-0.2, 0) is 0 Å². The van der Waals surface area contributed by atoms with Gasteiger partial charge in [0, 0.05) is 10.3 Å². The van der Waals surface area contributed by atoms with Crippen LogP contribution in [0.4, 0.5) is 4.39 Å². The summed E-state index contributed by atoms with van der Waals surface area (Å²) in [4.78, 5) is 0. The number of halogens is 1. The third-order valence-electron chi connectivity index (χ3n) is 3.49. The molecule has 3 N–H and O–H groups in total. The SMILES string of the molecule is Cc1ccc(F)c(C(NN)C2(C)CCCS2)c1. The molecule has 0 amide bonds. The van der Waals surface area contributed by atoms with Gasteiger partial charge in [-0.25, -0.2) is 4.39 Å². The molecule has 1 fully saturated rings. The first-order valence-corrected chi connectivity index (χ1v) is 6.91. The Hall–Kier alpha value is -0.580. The van der Waals surface area contributed by atoms with E-state index < -0.39 is 0 Å². The quantitative estimate of drug-likeness (QED) is 0.643. The maximum atomic E-state index is 13.9. The number of thioether (sulfide) groups is 1. The summed E-state index contributed by atoms with van der Waals surface area (Å²) >= 11 is 1.88. The molecular weight excluding hydrogens is 235 g/mol. The number of aryl methyl sites for hydroxylation is 1. The Morgan fingerprint density at radius 3 is 2.88 bits per heavy atom. The minimum Gasteiger partial charge on any atom is -0.271 e. The zero-order valence-corrected chi connectivity index (χ0v) is 11.1. The van der Waals surface area contributed by atoms with Crippen LogP contribution in [0, 0.1) is 12.7 Å². The molecule has 2 atom stereocenters. The minimum atomic E-state index is -0.174. The van der Waals surface area contributed by atoms with E-state index in [-0.39, 0.29) is 16.6 Å². The first-order chi connectivity index (χ1) is 8.07. The second-order valence-corrected chi connectivity index (χ2v) is 6.52. The van der Waals surface area contributed by atoms with Crippen LogP contribution in [0.15, 0.2) is 18.2 Å². The van der Waals surface area contributed by atoms with Gasteiger partial charge in [0.2, 0.25) is 0 Å². The molecule has 0 radical (unpaired) electrons. The van der Waals surface area contributed by atoms with E-state index in [1.807, 2.05) is 24.8 Å². The number of hydrazine groups is 1. The Balaban J connectivity index is 2.37. The molecule has 0 aliphatic carbocycles. The largest absolute Gasteiger partial charge is 0.271 e. The van der Waals surface area contributed by atoms with Gasteiger partial charge in [0.05, 0.1) is 6.04 Å². The third-order valence-corrected chi connectivity index (χ3v) is 5.08. The fourth-order valence-electron chi connectivity index (χ4n) is 2.51. The highest BCUT2D eigenvalue weighted by molar-refractivity contribution is 8.00. The summed E-state index contributed by atoms with van der Waals surface area (Å²) in [6.07, 6.45) is 2.24. The van der Waals surface area contributed by atoms with E-state index in [9.17, 15) is 4.39 Å². The molecule has 4 heteroatoms. The van der Waals surface area contributed by atoms with Crippen molar-refractivity contribution in [2.45, 2.75) is 37.5 Å². The standard InChI is InChI=1S/C13H19FN2S/c1-9-4-5-11(14)10(8-9)12(16-15)13(2)6-3-7-17-13/h4-5,8,12,16H,3,6-7,15H2,1-2H3. The third kappa shape index (κ3) is 2.49. The lowest BCUT2D eigenvalue weighted by Gasteiger charge is -2.33. The predicted molar refractivity (Wildman–Crippen MR) is 71.3 cm³/mol. The van der Waals surface area contributed by atoms with Crippen LogP contribution in [0.1, 0.15) is 36.9 Å². The lowest BCUT2D eigenvalue weighted by Crippen LogP contribution is -2.41. The highest BCUT2D eigenvalue weighted by Crippen LogP contribution is 2.46. The Morgan fingerprint density at radius 1 is 1.53 bits per heavy atom. The number of hydrogen-bond donors (Lipinski definition) is 2. The van der Waals surface area contributed by atoms with E-state index >= 15 is 0 Å². The normalized spacial score (nSPS) is 26.1. The van der Waals surface area contributed by atoms with Gasteiger partial charge in [-0.05, 0) is 38.5 Å². The van der Waals surface area contributed by atoms with E-state index in [2.05, 4.69) is 12.3 Å². The highest BCUT2D eigenvalue weighted by Gasteiger charge is 2.39. The summed E-state index contributed by atoms with van der Waals surface area (Å²) in [5, 5.41) is 0. The summed E-state index contributed by atoms with van der Waals surface area (Å²) in [7, 11) is 0. The Labute approximate surface area is 106 Å². The van der Waals surface area contributed by atoms with Gasteiger partial charge >= 0.3 is 0 Å². The first kappa shape index (κ1) is 12.9. The average Bonchev–Trinajstić information content (AvgIpc) is 2.72. The summed E-state index contributed by atoms with van der Waals surface area (Å²) in [5.74, 6) is 6.61. The maximum Gasteiger partial charge on any atom is 0.128 e. The van der Waals surface area contributed by atoms with E-state index in [1.165, 1.54) is 12.5 Å². The maximum absolute atomic E-state index is 13.9. The van der Waals surface area contributed by atoms with Crippen LogP contribution in [0.2, 0.25) is 0 Å². The lowest BCUT2D eigenvalue weighted by molar-refractivity contribution is 0.406. The van der Waals surface area contributed by atoms with Crippen LogP contribution in [0.3, 0.4) is 0 Å². The molecule has 94 valence electrons. The van der Waals surface area contributed by atoms with Crippen LogP contribution < -0.4 is 11.3 Å². The van der Waals surface area contributed by atoms with Gasteiger partial charge in [-0.3, -0.25) is 11.3 Å². The molecule has 2 nitrogen and oxygen atoms in total. The van der Waals surface area contributed by atoms with Crippen molar-refractivity contribution in [3.8, 4) is 0 Å². The van der Waals surface area contributed by atoms with Gasteiger partial charge in [-0.15, -0.1) is 0 Å². The monoisotopic (exact) mass is 254 g/mol. The van der Waals surface area contributed by atoms with Gasteiger partial charge in [0.25, 0.3) is 0 Å². The molecule has 1 aromatic carbocycles. The van der Waals surface area contributed by atoms with Gasteiger partial charge < -0.3 is 0 Å². The fourth-order valence-corrected chi connectivity index (χ4v) is 3.91. The van der Waals surface area contributed by atoms with Crippen molar-refractivity contribution >= 4 is 11.8 Å². The second-order valence-electron chi connectivity index (χ2n) is 4.89. The highest BCUT2D eigenvalue weighted by atomic mass is 32.2. The Bertz CT molecular complexity index is 402. The number of benzene rings is 1. The van der Waals surface area contributed by atoms with Crippen molar-refractivity contribution < 1.29 is 4.39 Å². The number of hydrogen-bond acceptors (Lipinski definition) is 3. The second kappa shape index (κ2) is 4.96. The van der Waals surface area contributed by atoms with E-state index in [0.29, 0.717) is 5.56 Å². The molecule has 17 heavy (non-hydrogen) atoms. The molecule has 0 spiro atoms. The smallest absolute Gasteiger partial charge is 0.128 e. The zero-order chi connectivity index (χ0) is 12.5. The molecule has 0 bridgehead atoms. The van der Waals surface area contributed by atoms with Crippen molar-refractivity contribution in [2.75, 3.05) is 5.75 Å². The zero-order valence-electron chi connectivity index (χ0n) is 10.3. The first-order valence-electron chi connectivity index (χ1n) is 5.93. The van der Waals surface area contributed by atoms with Gasteiger partial charge in [-0.2, -0.15) is 11.8 Å². The molecule has 1 aromatic rings. The molecule has 0 saturated carbocycles.